The molecule has 1 aromatic rings. The number of hydrogen-bond acceptors (Lipinski definition) is 2. The third-order valence-corrected chi connectivity index (χ3v) is 4.15. The summed E-state index contributed by atoms with van der Waals surface area (Å²) in [7, 11) is 0. The Balaban J connectivity index is 1.85. The molecule has 3 N–H and O–H groups in total. The molecular weight excluding hydrogens is 220 g/mol. The van der Waals surface area contributed by atoms with E-state index in [1.807, 2.05) is 0 Å². The van der Waals surface area contributed by atoms with Crippen molar-refractivity contribution in [3.63, 3.8) is 0 Å². The van der Waals surface area contributed by atoms with Gasteiger partial charge in [-0.2, -0.15) is 0 Å². The lowest BCUT2D eigenvalue weighted by Crippen LogP contribution is -2.43. The van der Waals surface area contributed by atoms with E-state index in [2.05, 4.69) is 50.4 Å². The fourth-order valence-electron chi connectivity index (χ4n) is 2.97. The van der Waals surface area contributed by atoms with Crippen molar-refractivity contribution in [1.82, 2.24) is 5.32 Å². The highest BCUT2D eigenvalue weighted by Gasteiger charge is 2.27. The summed E-state index contributed by atoms with van der Waals surface area (Å²) in [6.45, 7) is 8.97. The fourth-order valence-corrected chi connectivity index (χ4v) is 2.97. The standard InChI is InChI=1S/C16H26N2/c1-12-6-4-5-7-15(12)16(2,3)11-18-10-13-8-14(17)9-13/h4-7,13-14,18H,8-11,17H2,1-3H3. The van der Waals surface area contributed by atoms with E-state index in [0.29, 0.717) is 6.04 Å². The third-order valence-electron chi connectivity index (χ3n) is 4.15. The second-order valence-electron chi connectivity index (χ2n) is 6.43. The smallest absolute Gasteiger partial charge is 0.00450 e. The number of nitrogens with two attached hydrogens (primary N) is 1. The van der Waals surface area contributed by atoms with Crippen molar-refractivity contribution in [3.8, 4) is 0 Å². The van der Waals surface area contributed by atoms with Crippen LogP contribution in [0.25, 0.3) is 0 Å². The topological polar surface area (TPSA) is 38.0 Å². The van der Waals surface area contributed by atoms with E-state index in [9.17, 15) is 0 Å². The minimum atomic E-state index is 0.192. The van der Waals surface area contributed by atoms with Gasteiger partial charge in [-0.25, -0.2) is 0 Å². The summed E-state index contributed by atoms with van der Waals surface area (Å²) >= 11 is 0. The quantitative estimate of drug-likeness (QED) is 0.838. The van der Waals surface area contributed by atoms with Crippen LogP contribution in [0.3, 0.4) is 0 Å². The molecule has 1 fully saturated rings. The summed E-state index contributed by atoms with van der Waals surface area (Å²) in [5.41, 5.74) is 8.83. The lowest BCUT2D eigenvalue weighted by atomic mass is 9.79. The largest absolute Gasteiger partial charge is 0.328 e. The van der Waals surface area contributed by atoms with Crippen molar-refractivity contribution >= 4 is 0 Å². The monoisotopic (exact) mass is 246 g/mol. The van der Waals surface area contributed by atoms with Crippen LogP contribution in [0, 0.1) is 12.8 Å². The Bertz CT molecular complexity index is 392. The van der Waals surface area contributed by atoms with Crippen LogP contribution in [-0.4, -0.2) is 19.1 Å². The molecule has 2 heteroatoms. The van der Waals surface area contributed by atoms with Gasteiger partial charge in [-0.15, -0.1) is 0 Å². The van der Waals surface area contributed by atoms with Crippen molar-refractivity contribution in [2.24, 2.45) is 11.7 Å². The Morgan fingerprint density at radius 1 is 1.28 bits per heavy atom. The van der Waals surface area contributed by atoms with Crippen LogP contribution in [0.2, 0.25) is 0 Å². The van der Waals surface area contributed by atoms with Gasteiger partial charge >= 0.3 is 0 Å². The molecule has 0 unspecified atom stereocenters. The van der Waals surface area contributed by atoms with E-state index in [1.54, 1.807) is 0 Å². The molecule has 0 saturated heterocycles. The highest BCUT2D eigenvalue weighted by Crippen LogP contribution is 2.27. The van der Waals surface area contributed by atoms with E-state index in [1.165, 1.54) is 24.0 Å². The van der Waals surface area contributed by atoms with Crippen LogP contribution in [0.15, 0.2) is 24.3 Å². The van der Waals surface area contributed by atoms with Gasteiger partial charge in [0, 0.05) is 18.0 Å². The van der Waals surface area contributed by atoms with Crippen LogP contribution in [0.1, 0.15) is 37.8 Å². The zero-order valence-corrected chi connectivity index (χ0v) is 11.9. The Labute approximate surface area is 111 Å². The molecule has 18 heavy (non-hydrogen) atoms. The summed E-state index contributed by atoms with van der Waals surface area (Å²) in [4.78, 5) is 0. The SMILES string of the molecule is Cc1ccccc1C(C)(C)CNCC1CC(N)C1. The maximum atomic E-state index is 5.81. The van der Waals surface area contributed by atoms with Gasteiger partial charge in [-0.1, -0.05) is 38.1 Å². The predicted octanol–water partition coefficient (Wildman–Crippen LogP) is 2.60. The van der Waals surface area contributed by atoms with Crippen LogP contribution < -0.4 is 11.1 Å². The second kappa shape index (κ2) is 5.41. The minimum absolute atomic E-state index is 0.192. The Morgan fingerprint density at radius 3 is 2.56 bits per heavy atom. The lowest BCUT2D eigenvalue weighted by molar-refractivity contribution is 0.251. The highest BCUT2D eigenvalue weighted by atomic mass is 14.9. The molecule has 1 aliphatic carbocycles. The zero-order chi connectivity index (χ0) is 13.2. The van der Waals surface area contributed by atoms with Crippen LogP contribution in [-0.2, 0) is 5.41 Å². The summed E-state index contributed by atoms with van der Waals surface area (Å²) in [5.74, 6) is 0.799. The average Bonchev–Trinajstić information content (AvgIpc) is 2.26. The maximum absolute atomic E-state index is 5.81. The minimum Gasteiger partial charge on any atom is -0.328 e. The molecule has 0 aliphatic heterocycles. The van der Waals surface area contributed by atoms with Gasteiger partial charge in [0.15, 0.2) is 0 Å². The van der Waals surface area contributed by atoms with Crippen LogP contribution >= 0.6 is 0 Å². The van der Waals surface area contributed by atoms with Crippen LogP contribution in [0.5, 0.6) is 0 Å². The number of rotatable bonds is 5. The van der Waals surface area contributed by atoms with E-state index in [4.69, 9.17) is 5.73 Å². The number of aryl methyl sites for hydroxylation is 1. The molecule has 1 aromatic carbocycles. The molecule has 0 bridgehead atoms. The van der Waals surface area contributed by atoms with Gasteiger partial charge in [0.05, 0.1) is 0 Å². The highest BCUT2D eigenvalue weighted by molar-refractivity contribution is 5.32. The Morgan fingerprint density at radius 2 is 1.94 bits per heavy atom. The zero-order valence-electron chi connectivity index (χ0n) is 11.9. The van der Waals surface area contributed by atoms with Gasteiger partial charge in [-0.3, -0.25) is 0 Å². The molecule has 2 nitrogen and oxygen atoms in total. The first-order valence-corrected chi connectivity index (χ1v) is 7.01. The normalized spacial score (nSPS) is 23.8. The number of nitrogens with one attached hydrogen (secondary N) is 1. The van der Waals surface area contributed by atoms with E-state index >= 15 is 0 Å². The van der Waals surface area contributed by atoms with Crippen molar-refractivity contribution in [2.75, 3.05) is 13.1 Å². The lowest BCUT2D eigenvalue weighted by Gasteiger charge is -2.34. The molecular formula is C16H26N2. The molecule has 2 rings (SSSR count). The molecule has 1 aliphatic rings. The van der Waals surface area contributed by atoms with E-state index < -0.39 is 0 Å². The van der Waals surface area contributed by atoms with Crippen molar-refractivity contribution < 1.29 is 0 Å². The van der Waals surface area contributed by atoms with Crippen molar-refractivity contribution in [1.29, 1.82) is 0 Å². The summed E-state index contributed by atoms with van der Waals surface area (Å²) in [6, 6.07) is 9.15. The van der Waals surface area contributed by atoms with E-state index in [0.717, 1.165) is 19.0 Å². The van der Waals surface area contributed by atoms with Gasteiger partial charge < -0.3 is 11.1 Å². The Kier molecular flexibility index (Phi) is 4.08. The molecule has 1 saturated carbocycles. The van der Waals surface area contributed by atoms with Gasteiger partial charge in [0.2, 0.25) is 0 Å². The average molecular weight is 246 g/mol. The summed E-state index contributed by atoms with van der Waals surface area (Å²) < 4.78 is 0. The molecule has 0 spiro atoms. The van der Waals surface area contributed by atoms with Gasteiger partial charge in [0.25, 0.3) is 0 Å². The molecule has 100 valence electrons. The first kappa shape index (κ1) is 13.6. The van der Waals surface area contributed by atoms with E-state index in [-0.39, 0.29) is 5.41 Å². The predicted molar refractivity (Wildman–Crippen MR) is 77.8 cm³/mol. The number of hydrogen-bond donors (Lipinski definition) is 2. The van der Waals surface area contributed by atoms with Gasteiger partial charge in [0.1, 0.15) is 0 Å². The molecule has 0 heterocycles. The first-order chi connectivity index (χ1) is 8.49. The molecule has 0 aromatic heterocycles. The molecule has 0 radical (unpaired) electrons. The molecule has 0 atom stereocenters. The van der Waals surface area contributed by atoms with Crippen molar-refractivity contribution in [3.05, 3.63) is 35.4 Å². The molecule has 0 amide bonds. The van der Waals surface area contributed by atoms with Crippen molar-refractivity contribution in [2.45, 2.75) is 45.1 Å². The number of benzene rings is 1. The maximum Gasteiger partial charge on any atom is 0.00450 e. The first-order valence-electron chi connectivity index (χ1n) is 7.01. The third kappa shape index (κ3) is 3.12. The van der Waals surface area contributed by atoms with Crippen LogP contribution in [0.4, 0.5) is 0 Å². The fraction of sp³-hybridized carbons (Fsp3) is 0.625. The Hall–Kier alpha value is -0.860. The second-order valence-corrected chi connectivity index (χ2v) is 6.43. The summed E-state index contributed by atoms with van der Waals surface area (Å²) in [6.07, 6.45) is 2.38. The summed E-state index contributed by atoms with van der Waals surface area (Å²) in [5, 5.41) is 3.62. The van der Waals surface area contributed by atoms with Gasteiger partial charge in [-0.05, 0) is 43.4 Å².